The lowest BCUT2D eigenvalue weighted by atomic mass is 9.95. The molecular weight excluding hydrogens is 300 g/mol. The Morgan fingerprint density at radius 2 is 1.96 bits per heavy atom. The summed E-state index contributed by atoms with van der Waals surface area (Å²) in [5.41, 5.74) is 1.56. The van der Waals surface area contributed by atoms with Gasteiger partial charge in [-0.05, 0) is 24.8 Å². The van der Waals surface area contributed by atoms with Crippen molar-refractivity contribution >= 4 is 0 Å². The number of aliphatic hydroxyl groups is 1. The lowest BCUT2D eigenvalue weighted by Crippen LogP contribution is -2.54. The molecular formula is C20H34N2O2. The molecule has 1 heterocycles. The van der Waals surface area contributed by atoms with Gasteiger partial charge in [-0.25, -0.2) is 0 Å². The normalized spacial score (nSPS) is 20.3. The van der Waals surface area contributed by atoms with Crippen LogP contribution < -0.4 is 4.74 Å². The Morgan fingerprint density at radius 1 is 1.21 bits per heavy atom. The monoisotopic (exact) mass is 334 g/mol. The van der Waals surface area contributed by atoms with Gasteiger partial charge in [0.2, 0.25) is 0 Å². The van der Waals surface area contributed by atoms with E-state index in [4.69, 9.17) is 4.74 Å². The van der Waals surface area contributed by atoms with Crippen LogP contribution in [0.4, 0.5) is 0 Å². The maximum absolute atomic E-state index is 9.49. The fourth-order valence-corrected chi connectivity index (χ4v) is 3.55. The Morgan fingerprint density at radius 3 is 2.62 bits per heavy atom. The molecule has 0 unspecified atom stereocenters. The first-order valence-electron chi connectivity index (χ1n) is 9.21. The highest BCUT2D eigenvalue weighted by Crippen LogP contribution is 2.24. The van der Waals surface area contributed by atoms with Crippen molar-refractivity contribution in [3.05, 3.63) is 29.8 Å². The maximum atomic E-state index is 9.49. The molecule has 0 radical (unpaired) electrons. The van der Waals surface area contributed by atoms with E-state index < -0.39 is 0 Å². The van der Waals surface area contributed by atoms with Crippen LogP contribution in [0.15, 0.2) is 24.3 Å². The predicted molar refractivity (Wildman–Crippen MR) is 99.4 cm³/mol. The molecule has 24 heavy (non-hydrogen) atoms. The lowest BCUT2D eigenvalue weighted by molar-refractivity contribution is 0.0377. The summed E-state index contributed by atoms with van der Waals surface area (Å²) in [5.74, 6) is 0.986. The van der Waals surface area contributed by atoms with Gasteiger partial charge in [-0.1, -0.05) is 39.0 Å². The molecule has 0 saturated carbocycles. The number of hydrogen-bond donors (Lipinski definition) is 1. The zero-order chi connectivity index (χ0) is 17.6. The number of aliphatic hydroxyl groups excluding tert-OH is 1. The first-order valence-corrected chi connectivity index (χ1v) is 9.21. The van der Waals surface area contributed by atoms with E-state index in [2.05, 4.69) is 48.8 Å². The van der Waals surface area contributed by atoms with Crippen LogP contribution in [-0.2, 0) is 6.54 Å². The minimum Gasteiger partial charge on any atom is -0.494 e. The van der Waals surface area contributed by atoms with Crippen molar-refractivity contribution < 1.29 is 9.84 Å². The zero-order valence-corrected chi connectivity index (χ0v) is 15.8. The van der Waals surface area contributed by atoms with Gasteiger partial charge in [0.05, 0.1) is 6.61 Å². The van der Waals surface area contributed by atoms with Gasteiger partial charge < -0.3 is 9.84 Å². The van der Waals surface area contributed by atoms with E-state index in [1.807, 2.05) is 13.0 Å². The highest BCUT2D eigenvalue weighted by Gasteiger charge is 2.29. The third kappa shape index (κ3) is 5.76. The van der Waals surface area contributed by atoms with E-state index in [1.165, 1.54) is 5.56 Å². The lowest BCUT2D eigenvalue weighted by Gasteiger charge is -2.43. The molecule has 136 valence electrons. The largest absolute Gasteiger partial charge is 0.494 e. The van der Waals surface area contributed by atoms with Crippen LogP contribution in [0, 0.1) is 5.41 Å². The topological polar surface area (TPSA) is 35.9 Å². The second kappa shape index (κ2) is 8.84. The van der Waals surface area contributed by atoms with E-state index in [1.54, 1.807) is 0 Å². The molecule has 0 spiro atoms. The minimum atomic E-state index is 0.248. The second-order valence-corrected chi connectivity index (χ2v) is 7.97. The Bertz CT molecular complexity index is 499. The zero-order valence-electron chi connectivity index (χ0n) is 15.8. The van der Waals surface area contributed by atoms with Gasteiger partial charge in [-0.15, -0.1) is 0 Å². The summed E-state index contributed by atoms with van der Waals surface area (Å²) in [6.45, 7) is 15.0. The molecule has 1 atom stereocenters. The molecule has 1 aliphatic rings. The van der Waals surface area contributed by atoms with Crippen LogP contribution >= 0.6 is 0 Å². The van der Waals surface area contributed by atoms with E-state index in [0.717, 1.165) is 44.9 Å². The Hall–Kier alpha value is -1.10. The van der Waals surface area contributed by atoms with Gasteiger partial charge in [0, 0.05) is 50.9 Å². The first kappa shape index (κ1) is 19.2. The minimum absolute atomic E-state index is 0.248. The van der Waals surface area contributed by atoms with Crippen molar-refractivity contribution in [2.24, 2.45) is 5.41 Å². The van der Waals surface area contributed by atoms with Gasteiger partial charge in [0.15, 0.2) is 0 Å². The van der Waals surface area contributed by atoms with Gasteiger partial charge in [0.1, 0.15) is 5.75 Å². The van der Waals surface area contributed by atoms with Crippen molar-refractivity contribution in [3.63, 3.8) is 0 Å². The van der Waals surface area contributed by atoms with Crippen molar-refractivity contribution in [3.8, 4) is 5.75 Å². The molecule has 4 heteroatoms. The van der Waals surface area contributed by atoms with Crippen LogP contribution in [-0.4, -0.2) is 60.3 Å². The molecule has 0 aromatic heterocycles. The maximum Gasteiger partial charge on any atom is 0.123 e. The summed E-state index contributed by atoms with van der Waals surface area (Å²) in [6, 6.07) is 8.72. The first-order chi connectivity index (χ1) is 11.4. The van der Waals surface area contributed by atoms with Crippen molar-refractivity contribution in [1.82, 2.24) is 9.80 Å². The number of ether oxygens (including phenoxy) is 1. The molecule has 2 rings (SSSR count). The Kier molecular flexibility index (Phi) is 7.08. The average molecular weight is 335 g/mol. The smallest absolute Gasteiger partial charge is 0.123 e. The fraction of sp³-hybridized carbons (Fsp3) is 0.700. The molecule has 1 aliphatic heterocycles. The fourth-order valence-electron chi connectivity index (χ4n) is 3.55. The third-order valence-electron chi connectivity index (χ3n) is 4.49. The highest BCUT2D eigenvalue weighted by molar-refractivity contribution is 5.33. The molecule has 1 fully saturated rings. The quantitative estimate of drug-likeness (QED) is 0.831. The summed E-state index contributed by atoms with van der Waals surface area (Å²) in [6.07, 6.45) is 0.831. The SMILES string of the molecule is CCOc1ccccc1CN1CCN(CC(C)(C)C)C[C@H]1CCO. The van der Waals surface area contributed by atoms with Crippen molar-refractivity contribution in [2.75, 3.05) is 39.4 Å². The molecule has 1 N–H and O–H groups in total. The average Bonchev–Trinajstić information content (AvgIpc) is 2.51. The third-order valence-corrected chi connectivity index (χ3v) is 4.49. The molecule has 0 bridgehead atoms. The Labute approximate surface area is 147 Å². The van der Waals surface area contributed by atoms with Gasteiger partial charge in [0.25, 0.3) is 0 Å². The summed E-state index contributed by atoms with van der Waals surface area (Å²) < 4.78 is 5.77. The second-order valence-electron chi connectivity index (χ2n) is 7.97. The van der Waals surface area contributed by atoms with Gasteiger partial charge >= 0.3 is 0 Å². The summed E-state index contributed by atoms with van der Waals surface area (Å²) >= 11 is 0. The van der Waals surface area contributed by atoms with Crippen LogP contribution in [0.5, 0.6) is 5.75 Å². The molecule has 1 aromatic rings. The number of rotatable bonds is 7. The number of benzene rings is 1. The molecule has 4 nitrogen and oxygen atoms in total. The van der Waals surface area contributed by atoms with E-state index >= 15 is 0 Å². The number of hydrogen-bond acceptors (Lipinski definition) is 4. The van der Waals surface area contributed by atoms with Crippen LogP contribution in [0.1, 0.15) is 39.7 Å². The van der Waals surface area contributed by atoms with Gasteiger partial charge in [-0.2, -0.15) is 0 Å². The molecule has 0 aliphatic carbocycles. The molecule has 1 aromatic carbocycles. The Balaban J connectivity index is 2.04. The van der Waals surface area contributed by atoms with Crippen LogP contribution in [0.3, 0.4) is 0 Å². The number of piperazine rings is 1. The highest BCUT2D eigenvalue weighted by atomic mass is 16.5. The van der Waals surface area contributed by atoms with Crippen LogP contribution in [0.2, 0.25) is 0 Å². The molecule has 1 saturated heterocycles. The molecule has 0 amide bonds. The van der Waals surface area contributed by atoms with E-state index in [-0.39, 0.29) is 6.61 Å². The van der Waals surface area contributed by atoms with Gasteiger partial charge in [-0.3, -0.25) is 9.80 Å². The standard InChI is InChI=1S/C20H34N2O2/c1-5-24-19-9-7-6-8-17(19)14-22-12-11-21(16-20(2,3)4)15-18(22)10-13-23/h6-9,18,23H,5,10-16H2,1-4H3/t18-/m1/s1. The van der Waals surface area contributed by atoms with E-state index in [9.17, 15) is 5.11 Å². The van der Waals surface area contributed by atoms with Crippen molar-refractivity contribution in [1.29, 1.82) is 0 Å². The van der Waals surface area contributed by atoms with E-state index in [0.29, 0.717) is 18.1 Å². The summed E-state index contributed by atoms with van der Waals surface area (Å²) in [5, 5.41) is 9.49. The number of para-hydroxylation sites is 1. The predicted octanol–water partition coefficient (Wildman–Crippen LogP) is 3.00. The summed E-state index contributed by atoms with van der Waals surface area (Å²) in [7, 11) is 0. The number of nitrogens with zero attached hydrogens (tertiary/aromatic N) is 2. The van der Waals surface area contributed by atoms with Crippen molar-refractivity contribution in [2.45, 2.75) is 46.7 Å². The summed E-state index contributed by atoms with van der Waals surface area (Å²) in [4.78, 5) is 5.05. The van der Waals surface area contributed by atoms with Crippen LogP contribution in [0.25, 0.3) is 0 Å².